The van der Waals surface area contributed by atoms with Crippen LogP contribution in [0, 0.1) is 0 Å². The molecule has 0 fully saturated rings. The Morgan fingerprint density at radius 3 is 2.18 bits per heavy atom. The van der Waals surface area contributed by atoms with Crippen LogP contribution in [0.15, 0.2) is 52.8 Å². The number of fused-ring (bicyclic) bond motifs is 1. The van der Waals surface area contributed by atoms with Crippen molar-refractivity contribution in [2.45, 2.75) is 18.7 Å². The van der Waals surface area contributed by atoms with E-state index in [0.717, 1.165) is 29.8 Å². The van der Waals surface area contributed by atoms with Crippen LogP contribution in [-0.2, 0) is 9.84 Å². The van der Waals surface area contributed by atoms with Crippen molar-refractivity contribution >= 4 is 21.6 Å². The summed E-state index contributed by atoms with van der Waals surface area (Å²) in [7, 11) is -3.25. The van der Waals surface area contributed by atoms with Crippen LogP contribution in [0.1, 0.15) is 19.4 Å². The van der Waals surface area contributed by atoms with E-state index in [1.165, 1.54) is 11.1 Å². The van der Waals surface area contributed by atoms with E-state index in [-0.39, 0.29) is 0 Å². The molecule has 0 saturated heterocycles. The molecule has 0 atom stereocenters. The first-order chi connectivity index (χ1) is 10.5. The third kappa shape index (κ3) is 2.55. The molecule has 1 aliphatic rings. The third-order valence-electron chi connectivity index (χ3n) is 4.08. The summed E-state index contributed by atoms with van der Waals surface area (Å²) >= 11 is 0. The second-order valence-corrected chi connectivity index (χ2v) is 7.12. The summed E-state index contributed by atoms with van der Waals surface area (Å²) in [5.41, 5.74) is 3.91. The van der Waals surface area contributed by atoms with Gasteiger partial charge in [0, 0.05) is 24.2 Å². The second-order valence-electron chi connectivity index (χ2n) is 5.32. The Morgan fingerprint density at radius 2 is 1.55 bits per heavy atom. The number of benzene rings is 2. The predicted octanol–water partition coefficient (Wildman–Crippen LogP) is 3.96. The maximum absolute atomic E-state index is 12.0. The number of hydrogen-bond donors (Lipinski definition) is 0. The van der Waals surface area contributed by atoms with Gasteiger partial charge in [0.15, 0.2) is 9.84 Å². The Bertz CT molecular complexity index is 817. The minimum atomic E-state index is -3.25. The maximum Gasteiger partial charge on any atom is 0.200 e. The van der Waals surface area contributed by atoms with Crippen molar-refractivity contribution < 1.29 is 8.42 Å². The second kappa shape index (κ2) is 5.61. The summed E-state index contributed by atoms with van der Waals surface area (Å²) in [5, 5.41) is 1.27. The maximum atomic E-state index is 12.0. The molecule has 4 heteroatoms. The first-order valence-electron chi connectivity index (χ1n) is 7.47. The summed E-state index contributed by atoms with van der Waals surface area (Å²) < 4.78 is 23.9. The number of rotatable bonds is 4. The molecule has 0 unspecified atom stereocenters. The van der Waals surface area contributed by atoms with E-state index < -0.39 is 9.84 Å². The number of sulfone groups is 1. The predicted molar refractivity (Wildman–Crippen MR) is 91.7 cm³/mol. The fourth-order valence-corrected chi connectivity index (χ4v) is 4.02. The van der Waals surface area contributed by atoms with Crippen LogP contribution in [0.5, 0.6) is 0 Å². The van der Waals surface area contributed by atoms with Gasteiger partial charge >= 0.3 is 0 Å². The van der Waals surface area contributed by atoms with Crippen LogP contribution in [0.25, 0.3) is 17.2 Å². The number of nitrogens with zero attached hydrogens (tertiary/aromatic N) is 1. The van der Waals surface area contributed by atoms with Crippen LogP contribution in [0.3, 0.4) is 0 Å². The summed E-state index contributed by atoms with van der Waals surface area (Å²) in [6.45, 7) is 6.21. The van der Waals surface area contributed by atoms with Crippen molar-refractivity contribution in [1.82, 2.24) is 0 Å². The van der Waals surface area contributed by atoms with Crippen LogP contribution < -0.4 is 4.90 Å². The van der Waals surface area contributed by atoms with Gasteiger partial charge in [-0.3, -0.25) is 0 Å². The quantitative estimate of drug-likeness (QED) is 0.857. The van der Waals surface area contributed by atoms with Crippen molar-refractivity contribution in [3.63, 3.8) is 0 Å². The topological polar surface area (TPSA) is 37.4 Å². The summed E-state index contributed by atoms with van der Waals surface area (Å²) in [6.07, 6.45) is 1.65. The molecule has 0 aliphatic carbocycles. The Balaban J connectivity index is 1.96. The van der Waals surface area contributed by atoms with Gasteiger partial charge in [0.2, 0.25) is 0 Å². The lowest BCUT2D eigenvalue weighted by Gasteiger charge is -2.21. The van der Waals surface area contributed by atoms with Gasteiger partial charge in [-0.25, -0.2) is 8.42 Å². The first kappa shape index (κ1) is 14.9. The van der Waals surface area contributed by atoms with E-state index in [9.17, 15) is 8.42 Å². The molecule has 0 spiro atoms. The highest BCUT2D eigenvalue weighted by Crippen LogP contribution is 2.32. The zero-order valence-corrected chi connectivity index (χ0v) is 13.6. The summed E-state index contributed by atoms with van der Waals surface area (Å²) in [4.78, 5) is 2.68. The van der Waals surface area contributed by atoms with Crippen LogP contribution >= 0.6 is 0 Å². The van der Waals surface area contributed by atoms with Gasteiger partial charge in [-0.15, -0.1) is 0 Å². The zero-order chi connectivity index (χ0) is 15.7. The highest BCUT2D eigenvalue weighted by atomic mass is 32.2. The molecular weight excluding hydrogens is 294 g/mol. The van der Waals surface area contributed by atoms with E-state index in [1.807, 2.05) is 24.3 Å². The third-order valence-corrected chi connectivity index (χ3v) is 5.54. The van der Waals surface area contributed by atoms with Gasteiger partial charge in [0.25, 0.3) is 0 Å². The fraction of sp³-hybridized carbons (Fsp3) is 0.222. The van der Waals surface area contributed by atoms with Gasteiger partial charge in [-0.05, 0) is 54.8 Å². The minimum Gasteiger partial charge on any atom is -0.372 e. The van der Waals surface area contributed by atoms with Crippen molar-refractivity contribution in [3.05, 3.63) is 53.4 Å². The molecule has 1 aliphatic heterocycles. The van der Waals surface area contributed by atoms with Crippen LogP contribution in [0.2, 0.25) is 0 Å². The van der Waals surface area contributed by atoms with Gasteiger partial charge < -0.3 is 4.90 Å². The molecule has 22 heavy (non-hydrogen) atoms. The molecule has 0 saturated carbocycles. The lowest BCUT2D eigenvalue weighted by atomic mass is 10.0. The van der Waals surface area contributed by atoms with Gasteiger partial charge in [-0.1, -0.05) is 24.3 Å². The minimum absolute atomic E-state index is 0.401. The molecular formula is C18H19NO2S. The molecule has 0 bridgehead atoms. The standard InChI is InChI=1S/C18H19NO2S/c1-3-19(4-2)17-9-7-14(8-10-17)16-6-5-15-11-12-22(20,21)18(15)13-16/h5-13H,3-4H2,1-2H3. The van der Waals surface area contributed by atoms with E-state index >= 15 is 0 Å². The molecule has 1 heterocycles. The number of hydrogen-bond acceptors (Lipinski definition) is 3. The molecule has 114 valence electrons. The van der Waals surface area contributed by atoms with E-state index in [4.69, 9.17) is 0 Å². The highest BCUT2D eigenvalue weighted by Gasteiger charge is 2.20. The van der Waals surface area contributed by atoms with Crippen molar-refractivity contribution in [3.8, 4) is 11.1 Å². The van der Waals surface area contributed by atoms with E-state index in [0.29, 0.717) is 4.90 Å². The van der Waals surface area contributed by atoms with Gasteiger partial charge in [0.1, 0.15) is 0 Å². The Labute approximate surface area is 131 Å². The molecule has 2 aromatic carbocycles. The normalized spacial score (nSPS) is 14.8. The Morgan fingerprint density at radius 1 is 0.909 bits per heavy atom. The molecule has 0 radical (unpaired) electrons. The monoisotopic (exact) mass is 313 g/mol. The molecule has 0 N–H and O–H groups in total. The molecule has 0 aromatic heterocycles. The van der Waals surface area contributed by atoms with Gasteiger partial charge in [-0.2, -0.15) is 0 Å². The summed E-state index contributed by atoms with van der Waals surface area (Å²) in [5.74, 6) is 0. The van der Waals surface area contributed by atoms with Crippen LogP contribution in [-0.4, -0.2) is 21.5 Å². The first-order valence-corrected chi connectivity index (χ1v) is 9.02. The van der Waals surface area contributed by atoms with Crippen LogP contribution in [0.4, 0.5) is 5.69 Å². The molecule has 0 amide bonds. The molecule has 2 aromatic rings. The lowest BCUT2D eigenvalue weighted by Crippen LogP contribution is -2.21. The average Bonchev–Trinajstić information content (AvgIpc) is 2.84. The molecule has 3 rings (SSSR count). The van der Waals surface area contributed by atoms with E-state index in [1.54, 1.807) is 12.1 Å². The van der Waals surface area contributed by atoms with Gasteiger partial charge in [0.05, 0.1) is 4.90 Å². The average molecular weight is 313 g/mol. The number of anilines is 1. The van der Waals surface area contributed by atoms with Crippen molar-refractivity contribution in [1.29, 1.82) is 0 Å². The Hall–Kier alpha value is -2.07. The Kier molecular flexibility index (Phi) is 3.79. The SMILES string of the molecule is CCN(CC)c1ccc(-c2ccc3c(c2)S(=O)(=O)C=C3)cc1. The highest BCUT2D eigenvalue weighted by molar-refractivity contribution is 7.94. The van der Waals surface area contributed by atoms with Crippen molar-refractivity contribution in [2.75, 3.05) is 18.0 Å². The fourth-order valence-electron chi connectivity index (χ4n) is 2.79. The largest absolute Gasteiger partial charge is 0.372 e. The van der Waals surface area contributed by atoms with Crippen molar-refractivity contribution in [2.24, 2.45) is 0 Å². The zero-order valence-electron chi connectivity index (χ0n) is 12.8. The lowest BCUT2D eigenvalue weighted by molar-refractivity contribution is 0.605. The molecule has 3 nitrogen and oxygen atoms in total. The smallest absolute Gasteiger partial charge is 0.200 e. The summed E-state index contributed by atoms with van der Waals surface area (Å²) in [6, 6.07) is 13.9. The van der Waals surface area contributed by atoms with E-state index in [2.05, 4.69) is 30.9 Å².